The Bertz CT molecular complexity index is 377. The van der Waals surface area contributed by atoms with Crippen molar-refractivity contribution in [3.63, 3.8) is 0 Å². The Kier molecular flexibility index (Phi) is 19.1. The fraction of sp³-hybridized carbons (Fsp3) is 0.478. The molecule has 0 aromatic heterocycles. The lowest BCUT2D eigenvalue weighted by molar-refractivity contribution is 0.566. The molecule has 0 aliphatic rings. The van der Waals surface area contributed by atoms with Crippen LogP contribution in [0.5, 0.6) is 0 Å². The van der Waals surface area contributed by atoms with Gasteiger partial charge in [-0.15, -0.1) is 0 Å². The Morgan fingerprint density at radius 3 is 1.48 bits per heavy atom. The third-order valence-corrected chi connectivity index (χ3v) is 3.64. The maximum absolute atomic E-state index is 3.62. The molecule has 0 aliphatic carbocycles. The van der Waals surface area contributed by atoms with E-state index in [4.69, 9.17) is 0 Å². The van der Waals surface area contributed by atoms with Crippen LogP contribution in [0.15, 0.2) is 73.4 Å². The van der Waals surface area contributed by atoms with E-state index in [9.17, 15) is 0 Å². The average molecular weight is 313 g/mol. The van der Waals surface area contributed by atoms with Crippen molar-refractivity contribution < 1.29 is 0 Å². The number of unbranched alkanes of at least 4 members (excludes halogenated alkanes) is 9. The zero-order valence-corrected chi connectivity index (χ0v) is 15.1. The van der Waals surface area contributed by atoms with Gasteiger partial charge >= 0.3 is 0 Å². The molecule has 0 aliphatic heterocycles. The first-order chi connectivity index (χ1) is 11.4. The van der Waals surface area contributed by atoms with E-state index in [1.165, 1.54) is 64.2 Å². The highest BCUT2D eigenvalue weighted by molar-refractivity contribution is 5.18. The molecular weight excluding hydrogens is 276 g/mol. The summed E-state index contributed by atoms with van der Waals surface area (Å²) in [5.74, 6) is 0. The summed E-state index contributed by atoms with van der Waals surface area (Å²) in [6.45, 7) is 5.90. The van der Waals surface area contributed by atoms with Crippen LogP contribution in [-0.2, 0) is 0 Å². The van der Waals surface area contributed by atoms with E-state index in [-0.39, 0.29) is 0 Å². The number of hydrogen-bond donors (Lipinski definition) is 0. The minimum absolute atomic E-state index is 1.20. The summed E-state index contributed by atoms with van der Waals surface area (Å²) in [6, 6.07) is 0. The molecule has 0 N–H and O–H groups in total. The van der Waals surface area contributed by atoms with Gasteiger partial charge in [0.2, 0.25) is 0 Å². The maximum Gasteiger partial charge on any atom is -0.0348 e. The molecule has 0 rings (SSSR count). The standard InChI is InChI=1S/C23H36/c1-3-5-7-9-11-13-15-17-19-21-23-22-20-18-16-14-12-10-8-6-4-2/h3,5,7,9,11,13,15,17,19,21,23H,1,4,6,8,10,12,14,16,18,20,22H2,2H3/b7-5+,11-9+,15-13+,19-17+,23-21+. The van der Waals surface area contributed by atoms with E-state index in [0.717, 1.165) is 0 Å². The van der Waals surface area contributed by atoms with Gasteiger partial charge in [0, 0.05) is 0 Å². The van der Waals surface area contributed by atoms with Gasteiger partial charge in [-0.2, -0.15) is 0 Å². The van der Waals surface area contributed by atoms with Crippen LogP contribution in [0.2, 0.25) is 0 Å². The van der Waals surface area contributed by atoms with Gasteiger partial charge in [0.1, 0.15) is 0 Å². The van der Waals surface area contributed by atoms with Crippen molar-refractivity contribution in [3.05, 3.63) is 73.4 Å². The molecule has 0 radical (unpaired) electrons. The first kappa shape index (κ1) is 21.4. The van der Waals surface area contributed by atoms with Crippen molar-refractivity contribution in [2.75, 3.05) is 0 Å². The molecule has 0 bridgehead atoms. The molecule has 0 atom stereocenters. The van der Waals surface area contributed by atoms with Gasteiger partial charge in [0.15, 0.2) is 0 Å². The molecule has 0 nitrogen and oxygen atoms in total. The largest absolute Gasteiger partial charge is 0.0991 e. The zero-order valence-electron chi connectivity index (χ0n) is 15.1. The van der Waals surface area contributed by atoms with Crippen molar-refractivity contribution in [1.82, 2.24) is 0 Å². The van der Waals surface area contributed by atoms with Crippen molar-refractivity contribution >= 4 is 0 Å². The van der Waals surface area contributed by atoms with E-state index in [2.05, 4.69) is 37.8 Å². The van der Waals surface area contributed by atoms with E-state index in [0.29, 0.717) is 0 Å². The van der Waals surface area contributed by atoms with Gasteiger partial charge in [0.25, 0.3) is 0 Å². The summed E-state index contributed by atoms with van der Waals surface area (Å²) in [5, 5.41) is 0. The van der Waals surface area contributed by atoms with E-state index in [1.807, 2.05) is 36.5 Å². The Morgan fingerprint density at radius 1 is 0.522 bits per heavy atom. The van der Waals surface area contributed by atoms with Gasteiger partial charge in [-0.3, -0.25) is 0 Å². The minimum atomic E-state index is 1.20. The second-order valence-corrected chi connectivity index (χ2v) is 5.82. The highest BCUT2D eigenvalue weighted by Gasteiger charge is 1.90. The Hall–Kier alpha value is -1.56. The highest BCUT2D eigenvalue weighted by Crippen LogP contribution is 2.10. The fourth-order valence-corrected chi connectivity index (χ4v) is 2.28. The van der Waals surface area contributed by atoms with Crippen LogP contribution in [0.1, 0.15) is 71.1 Å². The second-order valence-electron chi connectivity index (χ2n) is 5.82. The molecule has 0 spiro atoms. The van der Waals surface area contributed by atoms with Crippen LogP contribution in [0.3, 0.4) is 0 Å². The summed E-state index contributed by atoms with van der Waals surface area (Å²) in [4.78, 5) is 0. The van der Waals surface area contributed by atoms with Gasteiger partial charge < -0.3 is 0 Å². The SMILES string of the molecule is C=C/C=C/C=C/C=C/C=C/C=C/CCCCCCCCCCC. The number of rotatable bonds is 15. The first-order valence-electron chi connectivity index (χ1n) is 9.36. The van der Waals surface area contributed by atoms with Gasteiger partial charge in [-0.25, -0.2) is 0 Å². The smallest absolute Gasteiger partial charge is 0.0348 e. The lowest BCUT2D eigenvalue weighted by Crippen LogP contribution is -1.80. The molecule has 0 aromatic carbocycles. The van der Waals surface area contributed by atoms with Gasteiger partial charge in [-0.1, -0.05) is 132 Å². The summed E-state index contributed by atoms with van der Waals surface area (Å²) < 4.78 is 0. The van der Waals surface area contributed by atoms with Crippen LogP contribution >= 0.6 is 0 Å². The molecule has 0 aromatic rings. The number of hydrogen-bond acceptors (Lipinski definition) is 0. The molecule has 128 valence electrons. The van der Waals surface area contributed by atoms with Crippen molar-refractivity contribution in [2.24, 2.45) is 0 Å². The quantitative estimate of drug-likeness (QED) is 0.213. The summed E-state index contributed by atoms with van der Waals surface area (Å²) in [5.41, 5.74) is 0. The van der Waals surface area contributed by atoms with Gasteiger partial charge in [0.05, 0.1) is 0 Å². The Balaban J connectivity index is 3.38. The lowest BCUT2D eigenvalue weighted by atomic mass is 10.1. The molecule has 0 fully saturated rings. The predicted octanol–water partition coefficient (Wildman–Crippen LogP) is 7.87. The molecule has 0 heteroatoms. The van der Waals surface area contributed by atoms with Crippen LogP contribution < -0.4 is 0 Å². The molecule has 0 amide bonds. The number of allylic oxidation sites excluding steroid dienone is 11. The molecule has 0 unspecified atom stereocenters. The topological polar surface area (TPSA) is 0 Å². The second kappa shape index (κ2) is 20.4. The lowest BCUT2D eigenvalue weighted by Gasteiger charge is -2.00. The fourth-order valence-electron chi connectivity index (χ4n) is 2.28. The van der Waals surface area contributed by atoms with Gasteiger partial charge in [-0.05, 0) is 12.8 Å². The molecule has 0 heterocycles. The van der Waals surface area contributed by atoms with E-state index >= 15 is 0 Å². The van der Waals surface area contributed by atoms with E-state index < -0.39 is 0 Å². The third kappa shape index (κ3) is 20.4. The molecule has 0 saturated carbocycles. The van der Waals surface area contributed by atoms with Crippen molar-refractivity contribution in [3.8, 4) is 0 Å². The van der Waals surface area contributed by atoms with Crippen LogP contribution in [0.4, 0.5) is 0 Å². The Labute approximate surface area is 145 Å². The average Bonchev–Trinajstić information content (AvgIpc) is 2.57. The predicted molar refractivity (Wildman–Crippen MR) is 108 cm³/mol. The third-order valence-electron chi connectivity index (χ3n) is 3.64. The van der Waals surface area contributed by atoms with Crippen LogP contribution in [-0.4, -0.2) is 0 Å². The summed E-state index contributed by atoms with van der Waals surface area (Å²) in [6.07, 6.45) is 36.1. The van der Waals surface area contributed by atoms with Crippen molar-refractivity contribution in [2.45, 2.75) is 71.1 Å². The minimum Gasteiger partial charge on any atom is -0.0991 e. The zero-order chi connectivity index (χ0) is 16.8. The first-order valence-corrected chi connectivity index (χ1v) is 9.36. The maximum atomic E-state index is 3.62. The van der Waals surface area contributed by atoms with E-state index in [1.54, 1.807) is 6.08 Å². The van der Waals surface area contributed by atoms with Crippen LogP contribution in [0.25, 0.3) is 0 Å². The highest BCUT2D eigenvalue weighted by atomic mass is 14.0. The van der Waals surface area contributed by atoms with Crippen LogP contribution in [0, 0.1) is 0 Å². The summed E-state index contributed by atoms with van der Waals surface area (Å²) >= 11 is 0. The normalized spacial score (nSPS) is 12.7. The molecule has 0 saturated heterocycles. The van der Waals surface area contributed by atoms with Crippen molar-refractivity contribution in [1.29, 1.82) is 0 Å². The summed E-state index contributed by atoms with van der Waals surface area (Å²) in [7, 11) is 0. The Morgan fingerprint density at radius 2 is 0.957 bits per heavy atom. The molecular formula is C23H36. The molecule has 23 heavy (non-hydrogen) atoms. The monoisotopic (exact) mass is 312 g/mol.